The summed E-state index contributed by atoms with van der Waals surface area (Å²) in [7, 11) is 0. The van der Waals surface area contributed by atoms with Gasteiger partial charge in [0.1, 0.15) is 5.15 Å². The number of rotatable bonds is 4. The second-order valence-electron chi connectivity index (χ2n) is 5.30. The Morgan fingerprint density at radius 1 is 0.769 bits per heavy atom. The van der Waals surface area contributed by atoms with Crippen LogP contribution in [0.15, 0.2) is 66.9 Å². The van der Waals surface area contributed by atoms with Crippen LogP contribution in [0.1, 0.15) is 20.7 Å². The van der Waals surface area contributed by atoms with Gasteiger partial charge < -0.3 is 10.6 Å². The maximum Gasteiger partial charge on any atom is 0.258 e. The fourth-order valence-electron chi connectivity index (χ4n) is 2.24. The maximum atomic E-state index is 12.4. The van der Waals surface area contributed by atoms with E-state index in [4.69, 9.17) is 23.2 Å². The van der Waals surface area contributed by atoms with E-state index in [0.29, 0.717) is 22.0 Å². The van der Waals surface area contributed by atoms with Crippen LogP contribution < -0.4 is 10.6 Å². The van der Waals surface area contributed by atoms with Gasteiger partial charge in [-0.2, -0.15) is 0 Å². The van der Waals surface area contributed by atoms with Crippen molar-refractivity contribution in [1.29, 1.82) is 0 Å². The molecular weight excluding hydrogens is 373 g/mol. The summed E-state index contributed by atoms with van der Waals surface area (Å²) < 4.78 is 0. The van der Waals surface area contributed by atoms with Crippen LogP contribution in [0.2, 0.25) is 10.2 Å². The molecule has 1 aromatic heterocycles. The molecule has 0 atom stereocenters. The zero-order valence-electron chi connectivity index (χ0n) is 13.4. The third-order valence-corrected chi connectivity index (χ3v) is 4.09. The molecular formula is C19H13Cl2N3O2. The molecule has 0 unspecified atom stereocenters. The summed E-state index contributed by atoms with van der Waals surface area (Å²) in [6, 6.07) is 16.6. The SMILES string of the molecule is O=C(Nc1ccccc1NC(=O)c1cccnc1Cl)c1ccc(Cl)cc1. The number of carbonyl (C=O) groups is 2. The number of halogens is 2. The third kappa shape index (κ3) is 4.20. The standard InChI is InChI=1S/C19H13Cl2N3O2/c20-13-9-7-12(8-10-13)18(25)23-15-5-1-2-6-16(15)24-19(26)14-4-3-11-22-17(14)21/h1-11H,(H,23,25)(H,24,26). The molecule has 2 N–H and O–H groups in total. The average Bonchev–Trinajstić information content (AvgIpc) is 2.64. The molecule has 3 aromatic rings. The number of para-hydroxylation sites is 2. The number of hydrogen-bond donors (Lipinski definition) is 2. The van der Waals surface area contributed by atoms with Gasteiger partial charge in [0.25, 0.3) is 11.8 Å². The van der Waals surface area contributed by atoms with E-state index in [-0.39, 0.29) is 16.6 Å². The van der Waals surface area contributed by atoms with Gasteiger partial charge in [0.05, 0.1) is 16.9 Å². The van der Waals surface area contributed by atoms with Gasteiger partial charge >= 0.3 is 0 Å². The molecule has 0 spiro atoms. The van der Waals surface area contributed by atoms with Gasteiger partial charge in [-0.3, -0.25) is 9.59 Å². The molecule has 0 saturated heterocycles. The second-order valence-corrected chi connectivity index (χ2v) is 6.10. The number of hydrogen-bond acceptors (Lipinski definition) is 3. The van der Waals surface area contributed by atoms with Gasteiger partial charge in [0.15, 0.2) is 0 Å². The normalized spacial score (nSPS) is 10.2. The third-order valence-electron chi connectivity index (χ3n) is 3.53. The Balaban J connectivity index is 1.80. The first kappa shape index (κ1) is 17.9. The predicted molar refractivity (Wildman–Crippen MR) is 103 cm³/mol. The highest BCUT2D eigenvalue weighted by molar-refractivity contribution is 6.33. The first-order chi connectivity index (χ1) is 12.5. The van der Waals surface area contributed by atoms with Crippen LogP contribution in [0.4, 0.5) is 11.4 Å². The molecule has 130 valence electrons. The van der Waals surface area contributed by atoms with Crippen molar-refractivity contribution in [3.05, 3.63) is 88.2 Å². The zero-order valence-corrected chi connectivity index (χ0v) is 14.9. The van der Waals surface area contributed by atoms with Crippen molar-refractivity contribution in [1.82, 2.24) is 4.98 Å². The number of benzene rings is 2. The molecule has 0 radical (unpaired) electrons. The lowest BCUT2D eigenvalue weighted by Crippen LogP contribution is -2.17. The zero-order chi connectivity index (χ0) is 18.5. The van der Waals surface area contributed by atoms with Crippen molar-refractivity contribution in [2.45, 2.75) is 0 Å². The fraction of sp³-hybridized carbons (Fsp3) is 0. The number of nitrogens with zero attached hydrogens (tertiary/aromatic N) is 1. The molecule has 0 aliphatic rings. The quantitative estimate of drug-likeness (QED) is 0.627. The van der Waals surface area contributed by atoms with E-state index in [1.807, 2.05) is 0 Å². The van der Waals surface area contributed by atoms with Crippen LogP contribution in [0.25, 0.3) is 0 Å². The molecule has 0 fully saturated rings. The minimum Gasteiger partial charge on any atom is -0.320 e. The van der Waals surface area contributed by atoms with Crippen LogP contribution in [0, 0.1) is 0 Å². The topological polar surface area (TPSA) is 71.1 Å². The van der Waals surface area contributed by atoms with Crippen molar-refractivity contribution in [2.24, 2.45) is 0 Å². The van der Waals surface area contributed by atoms with Crippen LogP contribution in [-0.2, 0) is 0 Å². The van der Waals surface area contributed by atoms with E-state index in [0.717, 1.165) is 0 Å². The monoisotopic (exact) mass is 385 g/mol. The minimum absolute atomic E-state index is 0.104. The van der Waals surface area contributed by atoms with Crippen molar-refractivity contribution >= 4 is 46.4 Å². The number of carbonyl (C=O) groups excluding carboxylic acids is 2. The Kier molecular flexibility index (Phi) is 5.51. The number of nitrogens with one attached hydrogen (secondary N) is 2. The van der Waals surface area contributed by atoms with Crippen molar-refractivity contribution < 1.29 is 9.59 Å². The molecule has 2 amide bonds. The van der Waals surface area contributed by atoms with E-state index in [2.05, 4.69) is 15.6 Å². The number of amides is 2. The molecule has 26 heavy (non-hydrogen) atoms. The van der Waals surface area contributed by atoms with E-state index < -0.39 is 5.91 Å². The summed E-state index contributed by atoms with van der Waals surface area (Å²) >= 11 is 11.8. The van der Waals surface area contributed by atoms with E-state index in [9.17, 15) is 9.59 Å². The molecule has 0 saturated carbocycles. The molecule has 0 aliphatic carbocycles. The summed E-state index contributed by atoms with van der Waals surface area (Å²) in [5.41, 5.74) is 1.60. The fourth-order valence-corrected chi connectivity index (χ4v) is 2.57. The van der Waals surface area contributed by atoms with E-state index in [1.165, 1.54) is 6.20 Å². The van der Waals surface area contributed by atoms with Gasteiger partial charge in [-0.25, -0.2) is 4.98 Å². The highest BCUT2D eigenvalue weighted by Crippen LogP contribution is 2.24. The lowest BCUT2D eigenvalue weighted by atomic mass is 10.2. The Bertz CT molecular complexity index is 959. The highest BCUT2D eigenvalue weighted by atomic mass is 35.5. The molecule has 0 bridgehead atoms. The summed E-state index contributed by atoms with van der Waals surface area (Å²) in [6.07, 6.45) is 1.50. The van der Waals surface area contributed by atoms with Crippen LogP contribution >= 0.6 is 23.2 Å². The first-order valence-corrected chi connectivity index (χ1v) is 8.38. The Labute approximate surface area is 160 Å². The number of anilines is 2. The Morgan fingerprint density at radius 2 is 1.38 bits per heavy atom. The number of aromatic nitrogens is 1. The van der Waals surface area contributed by atoms with Crippen molar-refractivity contribution in [3.8, 4) is 0 Å². The summed E-state index contributed by atoms with van der Waals surface area (Å²) in [6.45, 7) is 0. The number of pyridine rings is 1. The molecule has 0 aliphatic heterocycles. The van der Waals surface area contributed by atoms with Crippen molar-refractivity contribution in [2.75, 3.05) is 10.6 Å². The van der Waals surface area contributed by atoms with E-state index in [1.54, 1.807) is 60.7 Å². The molecule has 7 heteroatoms. The average molecular weight is 386 g/mol. The summed E-state index contributed by atoms with van der Waals surface area (Å²) in [5.74, 6) is -0.737. The van der Waals surface area contributed by atoms with E-state index >= 15 is 0 Å². The van der Waals surface area contributed by atoms with Crippen LogP contribution in [0.3, 0.4) is 0 Å². The maximum absolute atomic E-state index is 12.4. The lowest BCUT2D eigenvalue weighted by Gasteiger charge is -2.12. The first-order valence-electron chi connectivity index (χ1n) is 7.62. The van der Waals surface area contributed by atoms with Gasteiger partial charge in [-0.05, 0) is 48.5 Å². The van der Waals surface area contributed by atoms with Crippen LogP contribution in [-0.4, -0.2) is 16.8 Å². The summed E-state index contributed by atoms with van der Waals surface area (Å²) in [4.78, 5) is 28.7. The van der Waals surface area contributed by atoms with Gasteiger partial charge in [-0.1, -0.05) is 35.3 Å². The Morgan fingerprint density at radius 3 is 2.00 bits per heavy atom. The molecule has 3 rings (SSSR count). The molecule has 5 nitrogen and oxygen atoms in total. The van der Waals surface area contributed by atoms with Gasteiger partial charge in [0.2, 0.25) is 0 Å². The van der Waals surface area contributed by atoms with Gasteiger partial charge in [0, 0.05) is 16.8 Å². The molecule has 2 aromatic carbocycles. The second kappa shape index (κ2) is 7.99. The highest BCUT2D eigenvalue weighted by Gasteiger charge is 2.14. The van der Waals surface area contributed by atoms with Crippen LogP contribution in [0.5, 0.6) is 0 Å². The predicted octanol–water partition coefficient (Wildman–Crippen LogP) is 4.89. The summed E-state index contributed by atoms with van der Waals surface area (Å²) in [5, 5.41) is 6.16. The molecule has 1 heterocycles. The lowest BCUT2D eigenvalue weighted by molar-refractivity contribution is 0.101. The van der Waals surface area contributed by atoms with Gasteiger partial charge in [-0.15, -0.1) is 0 Å². The van der Waals surface area contributed by atoms with Crippen molar-refractivity contribution in [3.63, 3.8) is 0 Å². The minimum atomic E-state index is -0.420. The largest absolute Gasteiger partial charge is 0.320 e. The Hall–Kier alpha value is -2.89. The smallest absolute Gasteiger partial charge is 0.258 e.